The first-order valence-corrected chi connectivity index (χ1v) is 10.3. The van der Waals surface area contributed by atoms with Gasteiger partial charge >= 0.3 is 0 Å². The lowest BCUT2D eigenvalue weighted by molar-refractivity contribution is 0.308. The van der Waals surface area contributed by atoms with Gasteiger partial charge < -0.3 is 9.80 Å². The number of nitrogens with zero attached hydrogens (tertiary/aromatic N) is 6. The second-order valence-electron chi connectivity index (χ2n) is 8.55. The topological polar surface area (TPSA) is 67.2 Å². The van der Waals surface area contributed by atoms with Gasteiger partial charge in [-0.15, -0.1) is 5.10 Å². The lowest BCUT2D eigenvalue weighted by Crippen LogP contribution is -2.37. The van der Waals surface area contributed by atoms with Crippen LogP contribution in [0.25, 0.3) is 0 Å². The van der Waals surface area contributed by atoms with Crippen molar-refractivity contribution in [2.24, 2.45) is 5.92 Å². The molecule has 0 amide bonds. The summed E-state index contributed by atoms with van der Waals surface area (Å²) in [7, 11) is 2.15. The monoisotopic (exact) mass is 382 g/mol. The van der Waals surface area contributed by atoms with Crippen molar-refractivity contribution in [3.05, 3.63) is 45.8 Å². The maximum absolute atomic E-state index is 12.4. The summed E-state index contributed by atoms with van der Waals surface area (Å²) >= 11 is 0. The molecule has 0 bridgehead atoms. The van der Waals surface area contributed by atoms with Gasteiger partial charge in [0.1, 0.15) is 0 Å². The Hall–Kier alpha value is -2.28. The Balaban J connectivity index is 1.37. The fourth-order valence-electron chi connectivity index (χ4n) is 4.13. The first-order chi connectivity index (χ1) is 13.5. The van der Waals surface area contributed by atoms with Crippen LogP contribution >= 0.6 is 0 Å². The van der Waals surface area contributed by atoms with E-state index in [1.165, 1.54) is 5.56 Å². The quantitative estimate of drug-likeness (QED) is 0.806. The number of aromatic nitrogens is 4. The molecule has 0 saturated carbocycles. The average molecular weight is 383 g/mol. The van der Waals surface area contributed by atoms with Crippen molar-refractivity contribution in [3.63, 3.8) is 0 Å². The van der Waals surface area contributed by atoms with Crippen LogP contribution in [0.1, 0.15) is 49.6 Å². The lowest BCUT2D eigenvalue weighted by atomic mass is 9.96. The van der Waals surface area contributed by atoms with Crippen LogP contribution in [0.3, 0.4) is 0 Å². The molecule has 150 valence electrons. The van der Waals surface area contributed by atoms with Gasteiger partial charge in [0, 0.05) is 45.2 Å². The summed E-state index contributed by atoms with van der Waals surface area (Å²) in [4.78, 5) is 21.5. The summed E-state index contributed by atoms with van der Waals surface area (Å²) in [5, 5.41) is 8.96. The van der Waals surface area contributed by atoms with E-state index in [9.17, 15) is 4.79 Å². The molecule has 2 aromatic heterocycles. The Kier molecular flexibility index (Phi) is 5.44. The Morgan fingerprint density at radius 1 is 1.14 bits per heavy atom. The van der Waals surface area contributed by atoms with Crippen LogP contribution in [0.15, 0.2) is 23.3 Å². The molecular weight excluding hydrogens is 352 g/mol. The zero-order chi connectivity index (χ0) is 19.7. The third-order valence-corrected chi connectivity index (χ3v) is 6.00. The molecule has 0 N–H and O–H groups in total. The number of hydrogen-bond acceptors (Lipinski definition) is 6. The maximum Gasteiger partial charge on any atom is 0.253 e. The van der Waals surface area contributed by atoms with E-state index in [0.717, 1.165) is 69.2 Å². The molecule has 0 atom stereocenters. The first-order valence-electron chi connectivity index (χ1n) is 10.3. The number of piperidine rings is 1. The number of anilines is 1. The molecule has 28 heavy (non-hydrogen) atoms. The maximum atomic E-state index is 12.4. The van der Waals surface area contributed by atoms with Gasteiger partial charge in [-0.1, -0.05) is 13.8 Å². The Labute approximate surface area is 166 Å². The predicted molar refractivity (Wildman–Crippen MR) is 110 cm³/mol. The van der Waals surface area contributed by atoms with Crippen molar-refractivity contribution >= 4 is 5.82 Å². The highest BCUT2D eigenvalue weighted by atomic mass is 16.1. The summed E-state index contributed by atoms with van der Waals surface area (Å²) in [5.74, 6) is 1.77. The van der Waals surface area contributed by atoms with Gasteiger partial charge in [0.05, 0.1) is 17.7 Å². The molecule has 0 unspecified atom stereocenters. The van der Waals surface area contributed by atoms with Crippen LogP contribution in [0.5, 0.6) is 0 Å². The Morgan fingerprint density at radius 2 is 1.93 bits per heavy atom. The van der Waals surface area contributed by atoms with Crippen LogP contribution in [-0.4, -0.2) is 51.3 Å². The summed E-state index contributed by atoms with van der Waals surface area (Å²) in [6.45, 7) is 8.79. The van der Waals surface area contributed by atoms with Gasteiger partial charge in [-0.2, -0.15) is 5.10 Å². The van der Waals surface area contributed by atoms with E-state index in [1.54, 1.807) is 17.0 Å². The van der Waals surface area contributed by atoms with Crippen molar-refractivity contribution < 1.29 is 0 Å². The van der Waals surface area contributed by atoms with Crippen LogP contribution in [0, 0.1) is 5.92 Å². The molecule has 7 heteroatoms. The van der Waals surface area contributed by atoms with Crippen LogP contribution in [0.2, 0.25) is 0 Å². The molecule has 4 heterocycles. The fraction of sp³-hybridized carbons (Fsp3) is 0.619. The molecular formula is C21H30N6O. The van der Waals surface area contributed by atoms with E-state index in [0.29, 0.717) is 5.92 Å². The second-order valence-corrected chi connectivity index (χ2v) is 8.55. The first kappa shape index (κ1) is 19.1. The number of rotatable bonds is 4. The van der Waals surface area contributed by atoms with E-state index in [2.05, 4.69) is 51.9 Å². The van der Waals surface area contributed by atoms with Gasteiger partial charge in [0.25, 0.3) is 5.56 Å². The summed E-state index contributed by atoms with van der Waals surface area (Å²) in [6.07, 6.45) is 4.81. The van der Waals surface area contributed by atoms with Gasteiger partial charge in [-0.3, -0.25) is 9.36 Å². The number of hydrogen-bond donors (Lipinski definition) is 0. The van der Waals surface area contributed by atoms with Gasteiger partial charge in [-0.05, 0) is 43.4 Å². The zero-order valence-corrected chi connectivity index (χ0v) is 17.1. The minimum atomic E-state index is 0.0609. The van der Waals surface area contributed by atoms with Crippen molar-refractivity contribution in [1.29, 1.82) is 0 Å². The minimum absolute atomic E-state index is 0.0609. The average Bonchev–Trinajstić information content (AvgIpc) is 2.69. The number of fused-ring (bicyclic) bond motifs is 1. The standard InChI is InChI=1S/C21H30N6O/c1-15(2)19-11-21(28)27(14-22-19)12-16-4-8-26(9-5-16)20-10-17-13-25(3)7-6-18(17)23-24-20/h10-11,14-16H,4-9,12-13H2,1-3H3. The van der Waals surface area contributed by atoms with Crippen LogP contribution < -0.4 is 10.5 Å². The molecule has 0 aliphatic carbocycles. The predicted octanol–water partition coefficient (Wildman–Crippen LogP) is 2.06. The largest absolute Gasteiger partial charge is 0.355 e. The van der Waals surface area contributed by atoms with E-state index < -0.39 is 0 Å². The fourth-order valence-corrected chi connectivity index (χ4v) is 4.13. The second kappa shape index (κ2) is 7.99. The van der Waals surface area contributed by atoms with Gasteiger partial charge in [0.15, 0.2) is 5.82 Å². The Morgan fingerprint density at radius 3 is 2.64 bits per heavy atom. The third-order valence-electron chi connectivity index (χ3n) is 6.00. The normalized spacial score (nSPS) is 18.5. The molecule has 2 aliphatic rings. The molecule has 1 fully saturated rings. The SMILES string of the molecule is CC(C)c1cc(=O)n(CC2CCN(c3cc4c(nn3)CCN(C)C4)CC2)cn1. The Bertz CT molecular complexity index is 885. The summed E-state index contributed by atoms with van der Waals surface area (Å²) in [5.41, 5.74) is 3.38. The molecule has 1 saturated heterocycles. The van der Waals surface area contributed by atoms with Crippen LogP contribution in [0.4, 0.5) is 5.82 Å². The van der Waals surface area contributed by atoms with Gasteiger partial charge in [0.2, 0.25) is 0 Å². The van der Waals surface area contributed by atoms with Gasteiger partial charge in [-0.25, -0.2) is 4.98 Å². The molecule has 2 aromatic rings. The van der Waals surface area contributed by atoms with E-state index in [1.807, 2.05) is 0 Å². The smallest absolute Gasteiger partial charge is 0.253 e. The number of likely N-dealkylation sites (N-methyl/N-ethyl adjacent to an activating group) is 1. The van der Waals surface area contributed by atoms with E-state index >= 15 is 0 Å². The van der Waals surface area contributed by atoms with Crippen molar-refractivity contribution in [1.82, 2.24) is 24.6 Å². The highest BCUT2D eigenvalue weighted by Crippen LogP contribution is 2.25. The molecule has 7 nitrogen and oxygen atoms in total. The molecule has 0 spiro atoms. The molecule has 0 radical (unpaired) electrons. The highest BCUT2D eigenvalue weighted by molar-refractivity contribution is 5.42. The molecule has 4 rings (SSSR count). The summed E-state index contributed by atoms with van der Waals surface area (Å²) < 4.78 is 1.76. The molecule has 2 aliphatic heterocycles. The zero-order valence-electron chi connectivity index (χ0n) is 17.1. The lowest BCUT2D eigenvalue weighted by Gasteiger charge is -2.33. The van der Waals surface area contributed by atoms with E-state index in [-0.39, 0.29) is 11.5 Å². The van der Waals surface area contributed by atoms with Crippen molar-refractivity contribution in [3.8, 4) is 0 Å². The summed E-state index contributed by atoms with van der Waals surface area (Å²) in [6, 6.07) is 3.90. The van der Waals surface area contributed by atoms with E-state index in [4.69, 9.17) is 0 Å². The van der Waals surface area contributed by atoms with Crippen LogP contribution in [-0.2, 0) is 19.5 Å². The third kappa shape index (κ3) is 4.09. The highest BCUT2D eigenvalue weighted by Gasteiger charge is 2.23. The van der Waals surface area contributed by atoms with Crippen molar-refractivity contribution in [2.75, 3.05) is 31.6 Å². The molecule has 0 aromatic carbocycles. The minimum Gasteiger partial charge on any atom is -0.355 e. The van der Waals surface area contributed by atoms with Crippen molar-refractivity contribution in [2.45, 2.75) is 52.1 Å².